The minimum absolute atomic E-state index is 0.489. The molecule has 0 aromatic heterocycles. The second-order valence-corrected chi connectivity index (χ2v) is 7.69. The van der Waals surface area contributed by atoms with Crippen LogP contribution in [0.15, 0.2) is 24.3 Å². The summed E-state index contributed by atoms with van der Waals surface area (Å²) in [5.41, 5.74) is 9.12. The van der Waals surface area contributed by atoms with Crippen LogP contribution >= 0.6 is 0 Å². The molecule has 4 rings (SSSR count). The van der Waals surface area contributed by atoms with Gasteiger partial charge in [0.2, 0.25) is 0 Å². The largest absolute Gasteiger partial charge is 0.371 e. The van der Waals surface area contributed by atoms with Crippen molar-refractivity contribution in [2.45, 2.75) is 44.7 Å². The number of anilines is 1. The van der Waals surface area contributed by atoms with E-state index in [0.29, 0.717) is 6.04 Å². The number of aryl methyl sites for hydroxylation is 1. The first-order valence-corrected chi connectivity index (χ1v) is 9.02. The van der Waals surface area contributed by atoms with Gasteiger partial charge in [0.1, 0.15) is 0 Å². The molecule has 2 heterocycles. The van der Waals surface area contributed by atoms with Crippen LogP contribution < -0.4 is 10.6 Å². The normalized spacial score (nSPS) is 33.4. The van der Waals surface area contributed by atoms with Crippen molar-refractivity contribution in [2.24, 2.45) is 17.6 Å². The molecule has 0 amide bonds. The number of hydrogen-bond acceptors (Lipinski definition) is 3. The van der Waals surface area contributed by atoms with Crippen LogP contribution in [0.25, 0.3) is 0 Å². The molecule has 120 valence electrons. The average molecular weight is 299 g/mol. The van der Waals surface area contributed by atoms with Crippen LogP contribution in [0.1, 0.15) is 31.2 Å². The van der Waals surface area contributed by atoms with Crippen molar-refractivity contribution in [1.82, 2.24) is 4.90 Å². The summed E-state index contributed by atoms with van der Waals surface area (Å²) in [7, 11) is 0. The van der Waals surface area contributed by atoms with Crippen LogP contribution in [-0.4, -0.2) is 43.2 Å². The Labute approximate surface area is 134 Å². The maximum Gasteiger partial charge on any atom is 0.0368 e. The van der Waals surface area contributed by atoms with Crippen molar-refractivity contribution in [2.75, 3.05) is 31.1 Å². The molecule has 22 heavy (non-hydrogen) atoms. The number of nitrogens with zero attached hydrogens (tertiary/aromatic N) is 2. The van der Waals surface area contributed by atoms with Crippen molar-refractivity contribution in [3.05, 3.63) is 29.8 Å². The van der Waals surface area contributed by atoms with Gasteiger partial charge in [-0.2, -0.15) is 0 Å². The Morgan fingerprint density at radius 1 is 1.00 bits per heavy atom. The van der Waals surface area contributed by atoms with E-state index in [4.69, 9.17) is 5.73 Å². The van der Waals surface area contributed by atoms with E-state index in [9.17, 15) is 0 Å². The van der Waals surface area contributed by atoms with Crippen molar-refractivity contribution < 1.29 is 0 Å². The summed E-state index contributed by atoms with van der Waals surface area (Å²) in [6.45, 7) is 7.10. The zero-order valence-electron chi connectivity index (χ0n) is 13.7. The number of hydrogen-bond donors (Lipinski definition) is 1. The first-order valence-electron chi connectivity index (χ1n) is 9.02. The summed E-state index contributed by atoms with van der Waals surface area (Å²) in [6, 6.07) is 10.2. The lowest BCUT2D eigenvalue weighted by Gasteiger charge is -2.44. The van der Waals surface area contributed by atoms with E-state index < -0.39 is 0 Å². The predicted octanol–water partition coefficient (Wildman–Crippen LogP) is 2.63. The monoisotopic (exact) mass is 299 g/mol. The van der Waals surface area contributed by atoms with Crippen molar-refractivity contribution in [1.29, 1.82) is 0 Å². The van der Waals surface area contributed by atoms with Gasteiger partial charge in [-0.1, -0.05) is 12.1 Å². The summed E-state index contributed by atoms with van der Waals surface area (Å²) < 4.78 is 0. The Balaban J connectivity index is 1.36. The molecule has 2 atom stereocenters. The zero-order chi connectivity index (χ0) is 15.1. The van der Waals surface area contributed by atoms with Crippen LogP contribution in [0.3, 0.4) is 0 Å². The standard InChI is InChI=1S/C19H29N3/c1-14-3-2-4-18(11-14)21-9-7-17(8-10-21)22-12-15-5-6-16(13-22)19(15)20/h2-4,11,15-17,19H,5-10,12-13,20H2,1H3. The van der Waals surface area contributed by atoms with Gasteiger partial charge in [0.25, 0.3) is 0 Å². The van der Waals surface area contributed by atoms with Gasteiger partial charge in [0.15, 0.2) is 0 Å². The fourth-order valence-electron chi connectivity index (χ4n) is 4.91. The van der Waals surface area contributed by atoms with E-state index >= 15 is 0 Å². The third-order valence-electron chi connectivity index (χ3n) is 6.28. The number of likely N-dealkylation sites (tertiary alicyclic amines) is 1. The molecular formula is C19H29N3. The smallest absolute Gasteiger partial charge is 0.0368 e. The van der Waals surface area contributed by atoms with E-state index in [2.05, 4.69) is 41.0 Å². The highest BCUT2D eigenvalue weighted by molar-refractivity contribution is 5.48. The minimum Gasteiger partial charge on any atom is -0.371 e. The lowest BCUT2D eigenvalue weighted by molar-refractivity contribution is 0.0879. The van der Waals surface area contributed by atoms with Crippen LogP contribution in [-0.2, 0) is 0 Å². The Bertz CT molecular complexity index is 507. The molecule has 3 heteroatoms. The molecular weight excluding hydrogens is 270 g/mol. The minimum atomic E-state index is 0.489. The molecule has 1 saturated carbocycles. The number of nitrogens with two attached hydrogens (primary N) is 1. The van der Waals surface area contributed by atoms with Gasteiger partial charge < -0.3 is 10.6 Å². The number of fused-ring (bicyclic) bond motifs is 2. The molecule has 2 unspecified atom stereocenters. The van der Waals surface area contributed by atoms with Gasteiger partial charge >= 0.3 is 0 Å². The second kappa shape index (κ2) is 5.86. The van der Waals surface area contributed by atoms with Gasteiger partial charge in [-0.3, -0.25) is 4.90 Å². The highest BCUT2D eigenvalue weighted by Crippen LogP contribution is 2.37. The molecule has 3 aliphatic rings. The van der Waals surface area contributed by atoms with Gasteiger partial charge in [-0.15, -0.1) is 0 Å². The van der Waals surface area contributed by atoms with Crippen LogP contribution in [0.2, 0.25) is 0 Å². The number of benzene rings is 1. The lowest BCUT2D eigenvalue weighted by Crippen LogP contribution is -2.54. The first-order chi connectivity index (χ1) is 10.7. The fourth-order valence-corrected chi connectivity index (χ4v) is 4.91. The van der Waals surface area contributed by atoms with E-state index in [1.807, 2.05) is 0 Å². The molecule has 1 aliphatic carbocycles. The predicted molar refractivity (Wildman–Crippen MR) is 92.2 cm³/mol. The maximum absolute atomic E-state index is 6.35. The Morgan fingerprint density at radius 2 is 1.68 bits per heavy atom. The third kappa shape index (κ3) is 2.65. The van der Waals surface area contributed by atoms with Gasteiger partial charge in [-0.25, -0.2) is 0 Å². The van der Waals surface area contributed by atoms with Gasteiger partial charge in [0.05, 0.1) is 0 Å². The molecule has 1 aromatic rings. The Kier molecular flexibility index (Phi) is 3.87. The second-order valence-electron chi connectivity index (χ2n) is 7.69. The summed E-state index contributed by atoms with van der Waals surface area (Å²) in [6.07, 6.45) is 5.35. The van der Waals surface area contributed by atoms with Gasteiger partial charge in [-0.05, 0) is 62.1 Å². The molecule has 3 nitrogen and oxygen atoms in total. The fraction of sp³-hybridized carbons (Fsp3) is 0.684. The third-order valence-corrected chi connectivity index (χ3v) is 6.28. The van der Waals surface area contributed by atoms with E-state index in [-0.39, 0.29) is 0 Å². The van der Waals surface area contributed by atoms with E-state index in [0.717, 1.165) is 17.9 Å². The SMILES string of the molecule is Cc1cccc(N2CCC(N3CC4CCC(C3)C4N)CC2)c1. The summed E-state index contributed by atoms with van der Waals surface area (Å²) in [5, 5.41) is 0. The Hall–Kier alpha value is -1.06. The van der Waals surface area contributed by atoms with Crippen molar-refractivity contribution >= 4 is 5.69 Å². The summed E-state index contributed by atoms with van der Waals surface area (Å²) in [5.74, 6) is 1.54. The zero-order valence-corrected chi connectivity index (χ0v) is 13.7. The van der Waals surface area contributed by atoms with Crippen LogP contribution in [0, 0.1) is 18.8 Å². The Morgan fingerprint density at radius 3 is 2.32 bits per heavy atom. The molecule has 2 bridgehead atoms. The molecule has 3 fully saturated rings. The first kappa shape index (κ1) is 14.5. The molecule has 0 spiro atoms. The van der Waals surface area contributed by atoms with Crippen LogP contribution in [0.5, 0.6) is 0 Å². The lowest BCUT2D eigenvalue weighted by atomic mass is 9.90. The van der Waals surface area contributed by atoms with Crippen molar-refractivity contribution in [3.63, 3.8) is 0 Å². The summed E-state index contributed by atoms with van der Waals surface area (Å²) >= 11 is 0. The summed E-state index contributed by atoms with van der Waals surface area (Å²) in [4.78, 5) is 5.34. The topological polar surface area (TPSA) is 32.5 Å². The highest BCUT2D eigenvalue weighted by Gasteiger charge is 2.41. The van der Waals surface area contributed by atoms with E-state index in [1.54, 1.807) is 0 Å². The van der Waals surface area contributed by atoms with Crippen molar-refractivity contribution in [3.8, 4) is 0 Å². The highest BCUT2D eigenvalue weighted by atomic mass is 15.2. The van der Waals surface area contributed by atoms with Crippen LogP contribution in [0.4, 0.5) is 5.69 Å². The number of rotatable bonds is 2. The quantitative estimate of drug-likeness (QED) is 0.911. The van der Waals surface area contributed by atoms with E-state index in [1.165, 1.54) is 63.1 Å². The average Bonchev–Trinajstić information content (AvgIpc) is 2.76. The van der Waals surface area contributed by atoms with Gasteiger partial charge in [0, 0.05) is 44.0 Å². The molecule has 1 aromatic carbocycles. The number of piperidine rings is 2. The maximum atomic E-state index is 6.35. The molecule has 0 radical (unpaired) electrons. The molecule has 2 aliphatic heterocycles. The molecule has 2 saturated heterocycles. The molecule has 2 N–H and O–H groups in total.